The lowest BCUT2D eigenvalue weighted by Gasteiger charge is -2.19. The third-order valence-corrected chi connectivity index (χ3v) is 2.82. The summed E-state index contributed by atoms with van der Waals surface area (Å²) in [4.78, 5) is 22.4. The van der Waals surface area contributed by atoms with Gasteiger partial charge in [-0.2, -0.15) is 0 Å². The zero-order valence-corrected chi connectivity index (χ0v) is 12.4. The molecule has 0 spiro atoms. The zero-order valence-electron chi connectivity index (χ0n) is 12.4. The molecular weight excluding hydrogens is 256 g/mol. The van der Waals surface area contributed by atoms with Crippen LogP contribution in [0, 0.1) is 0 Å². The first-order valence-corrected chi connectivity index (χ1v) is 6.53. The van der Waals surface area contributed by atoms with Crippen LogP contribution >= 0.6 is 0 Å². The molecule has 0 fully saturated rings. The van der Waals surface area contributed by atoms with E-state index in [2.05, 4.69) is 31.4 Å². The predicted molar refractivity (Wildman–Crippen MR) is 77.7 cm³/mol. The van der Waals surface area contributed by atoms with Crippen LogP contribution in [0.1, 0.15) is 26.3 Å². The summed E-state index contributed by atoms with van der Waals surface area (Å²) in [6.45, 7) is 6.26. The number of nitrogens with one attached hydrogen (secondary N) is 2. The highest BCUT2D eigenvalue weighted by Crippen LogP contribution is 2.24. The van der Waals surface area contributed by atoms with E-state index in [1.54, 1.807) is 0 Å². The Morgan fingerprint density at radius 2 is 1.70 bits per heavy atom. The lowest BCUT2D eigenvalue weighted by atomic mass is 9.87. The summed E-state index contributed by atoms with van der Waals surface area (Å²) in [7, 11) is 1.52. The fourth-order valence-corrected chi connectivity index (χ4v) is 1.52. The summed E-state index contributed by atoms with van der Waals surface area (Å²) in [5.41, 5.74) is 1.29. The molecule has 5 heteroatoms. The number of carbonyl (C=O) groups is 2. The Bertz CT molecular complexity index is 461. The molecule has 0 aliphatic rings. The number of amides is 2. The van der Waals surface area contributed by atoms with Crippen LogP contribution in [0.3, 0.4) is 0 Å². The Kier molecular flexibility index (Phi) is 5.55. The first-order valence-electron chi connectivity index (χ1n) is 6.53. The summed E-state index contributed by atoms with van der Waals surface area (Å²) < 4.78 is 5.36. The number of ether oxygens (including phenoxy) is 1. The van der Waals surface area contributed by atoms with Crippen molar-refractivity contribution in [2.45, 2.75) is 26.2 Å². The van der Waals surface area contributed by atoms with Crippen molar-refractivity contribution in [3.8, 4) is 5.75 Å². The van der Waals surface area contributed by atoms with E-state index in [1.165, 1.54) is 12.6 Å². The smallest absolute Gasteiger partial charge is 0.258 e. The van der Waals surface area contributed by atoms with Gasteiger partial charge in [0.1, 0.15) is 5.75 Å². The third kappa shape index (κ3) is 5.30. The molecule has 0 saturated carbocycles. The molecule has 1 rings (SSSR count). The van der Waals surface area contributed by atoms with Gasteiger partial charge in [-0.1, -0.05) is 32.9 Å². The quantitative estimate of drug-likeness (QED) is 0.851. The van der Waals surface area contributed by atoms with Gasteiger partial charge >= 0.3 is 0 Å². The highest BCUT2D eigenvalue weighted by Gasteiger charge is 2.13. The molecule has 2 amide bonds. The van der Waals surface area contributed by atoms with Gasteiger partial charge in [0.2, 0.25) is 5.91 Å². The van der Waals surface area contributed by atoms with Crippen molar-refractivity contribution in [1.29, 1.82) is 0 Å². The molecule has 5 nitrogen and oxygen atoms in total. The zero-order chi connectivity index (χ0) is 15.2. The van der Waals surface area contributed by atoms with E-state index in [4.69, 9.17) is 4.74 Å². The summed E-state index contributed by atoms with van der Waals surface area (Å²) >= 11 is 0. The van der Waals surface area contributed by atoms with Gasteiger partial charge in [0.15, 0.2) is 6.61 Å². The minimum absolute atomic E-state index is 0.0400. The fraction of sp³-hybridized carbons (Fsp3) is 0.467. The van der Waals surface area contributed by atoms with E-state index in [-0.39, 0.29) is 30.4 Å². The second kappa shape index (κ2) is 6.93. The summed E-state index contributed by atoms with van der Waals surface area (Å²) in [6, 6.07) is 7.65. The van der Waals surface area contributed by atoms with Gasteiger partial charge in [0.05, 0.1) is 6.54 Å². The van der Waals surface area contributed by atoms with E-state index in [1.807, 2.05) is 24.3 Å². The largest absolute Gasteiger partial charge is 0.484 e. The van der Waals surface area contributed by atoms with Crippen LogP contribution in [0.5, 0.6) is 5.75 Å². The number of hydrogen-bond donors (Lipinski definition) is 2. The van der Waals surface area contributed by atoms with Gasteiger partial charge in [0, 0.05) is 7.05 Å². The minimum Gasteiger partial charge on any atom is -0.484 e. The molecule has 0 aliphatic carbocycles. The lowest BCUT2D eigenvalue weighted by molar-refractivity contribution is -0.127. The minimum atomic E-state index is -0.325. The summed E-state index contributed by atoms with van der Waals surface area (Å²) in [5.74, 6) is 0.0643. The third-order valence-electron chi connectivity index (χ3n) is 2.82. The van der Waals surface area contributed by atoms with Crippen molar-refractivity contribution in [3.05, 3.63) is 29.8 Å². The average Bonchev–Trinajstić information content (AvgIpc) is 2.41. The van der Waals surface area contributed by atoms with Crippen LogP contribution in [-0.4, -0.2) is 32.0 Å². The fourth-order valence-electron chi connectivity index (χ4n) is 1.52. The molecule has 0 aliphatic heterocycles. The van der Waals surface area contributed by atoms with E-state index < -0.39 is 0 Å². The Morgan fingerprint density at radius 3 is 2.20 bits per heavy atom. The topological polar surface area (TPSA) is 67.4 Å². The Morgan fingerprint density at radius 1 is 1.10 bits per heavy atom. The number of benzene rings is 1. The standard InChI is InChI=1S/C15H22N2O3/c1-15(2,3)11-5-7-12(8-6-11)20-10-14(19)17-9-13(18)16-4/h5-8H,9-10H2,1-4H3,(H,16,18)(H,17,19). The van der Waals surface area contributed by atoms with Crippen LogP contribution in [0.15, 0.2) is 24.3 Å². The molecule has 0 atom stereocenters. The second-order valence-electron chi connectivity index (χ2n) is 5.51. The number of likely N-dealkylation sites (N-methyl/N-ethyl adjacent to an activating group) is 1. The maximum absolute atomic E-state index is 11.4. The molecule has 110 valence electrons. The highest BCUT2D eigenvalue weighted by molar-refractivity contribution is 5.85. The maximum atomic E-state index is 11.4. The van der Waals surface area contributed by atoms with Crippen LogP contribution < -0.4 is 15.4 Å². The monoisotopic (exact) mass is 278 g/mol. The SMILES string of the molecule is CNC(=O)CNC(=O)COc1ccc(C(C)(C)C)cc1. The molecule has 1 aromatic carbocycles. The Hall–Kier alpha value is -2.04. The number of hydrogen-bond acceptors (Lipinski definition) is 3. The van der Waals surface area contributed by atoms with Crippen LogP contribution in [0.25, 0.3) is 0 Å². The highest BCUT2D eigenvalue weighted by atomic mass is 16.5. The molecule has 2 N–H and O–H groups in total. The normalized spacial score (nSPS) is 10.8. The molecule has 1 aromatic rings. The van der Waals surface area contributed by atoms with Gasteiger partial charge < -0.3 is 15.4 Å². The van der Waals surface area contributed by atoms with Crippen LogP contribution in [0.2, 0.25) is 0 Å². The van der Waals surface area contributed by atoms with Gasteiger partial charge in [-0.05, 0) is 23.1 Å². The molecule has 20 heavy (non-hydrogen) atoms. The molecular formula is C15H22N2O3. The van der Waals surface area contributed by atoms with Crippen LogP contribution in [0.4, 0.5) is 0 Å². The van der Waals surface area contributed by atoms with Crippen molar-refractivity contribution in [1.82, 2.24) is 10.6 Å². The Labute approximate surface area is 119 Å². The van der Waals surface area contributed by atoms with E-state index in [0.29, 0.717) is 5.75 Å². The van der Waals surface area contributed by atoms with Crippen molar-refractivity contribution in [2.24, 2.45) is 0 Å². The van der Waals surface area contributed by atoms with Crippen molar-refractivity contribution >= 4 is 11.8 Å². The molecule has 0 aromatic heterocycles. The van der Waals surface area contributed by atoms with E-state index in [9.17, 15) is 9.59 Å². The Balaban J connectivity index is 2.42. The first-order chi connectivity index (χ1) is 9.32. The van der Waals surface area contributed by atoms with Gasteiger partial charge in [-0.25, -0.2) is 0 Å². The molecule has 0 heterocycles. The van der Waals surface area contributed by atoms with E-state index >= 15 is 0 Å². The van der Waals surface area contributed by atoms with Gasteiger partial charge in [-0.15, -0.1) is 0 Å². The number of carbonyl (C=O) groups excluding carboxylic acids is 2. The van der Waals surface area contributed by atoms with Crippen molar-refractivity contribution in [2.75, 3.05) is 20.2 Å². The maximum Gasteiger partial charge on any atom is 0.258 e. The molecule has 0 saturated heterocycles. The van der Waals surface area contributed by atoms with Gasteiger partial charge in [0.25, 0.3) is 5.91 Å². The van der Waals surface area contributed by atoms with Gasteiger partial charge in [-0.3, -0.25) is 9.59 Å². The van der Waals surface area contributed by atoms with Crippen molar-refractivity contribution in [3.63, 3.8) is 0 Å². The molecule has 0 bridgehead atoms. The average molecular weight is 278 g/mol. The van der Waals surface area contributed by atoms with Crippen LogP contribution in [-0.2, 0) is 15.0 Å². The lowest BCUT2D eigenvalue weighted by Crippen LogP contribution is -2.37. The van der Waals surface area contributed by atoms with E-state index in [0.717, 1.165) is 0 Å². The second-order valence-corrected chi connectivity index (χ2v) is 5.51. The summed E-state index contributed by atoms with van der Waals surface area (Å²) in [5, 5.41) is 4.88. The molecule has 0 radical (unpaired) electrons. The molecule has 0 unspecified atom stereocenters. The number of rotatable bonds is 5. The predicted octanol–water partition coefficient (Wildman–Crippen LogP) is 1.23. The first kappa shape index (κ1) is 16.0. The summed E-state index contributed by atoms with van der Waals surface area (Å²) in [6.07, 6.45) is 0. The van der Waals surface area contributed by atoms with Crippen molar-refractivity contribution < 1.29 is 14.3 Å².